The Morgan fingerprint density at radius 2 is 2.00 bits per heavy atom. The van der Waals surface area contributed by atoms with Gasteiger partial charge in [-0.1, -0.05) is 0 Å². The molecule has 1 saturated heterocycles. The van der Waals surface area contributed by atoms with Crippen LogP contribution in [0.5, 0.6) is 0 Å². The fourth-order valence-electron chi connectivity index (χ4n) is 2.21. The van der Waals surface area contributed by atoms with Crippen LogP contribution in [0.3, 0.4) is 0 Å². The number of carbonyl (C=O) groups excluding carboxylic acids is 1. The van der Waals surface area contributed by atoms with E-state index in [4.69, 9.17) is 0 Å². The van der Waals surface area contributed by atoms with Crippen molar-refractivity contribution in [2.24, 2.45) is 0 Å². The van der Waals surface area contributed by atoms with E-state index < -0.39 is 17.5 Å². The molecule has 1 aromatic rings. The maximum Gasteiger partial charge on any atom is 0.256 e. The van der Waals surface area contributed by atoms with E-state index in [2.05, 4.69) is 5.32 Å². The molecule has 0 spiro atoms. The second-order valence-corrected chi connectivity index (χ2v) is 4.52. The summed E-state index contributed by atoms with van der Waals surface area (Å²) in [6, 6.07) is 3.03. The van der Waals surface area contributed by atoms with Crippen LogP contribution in [0, 0.1) is 11.6 Å². The molecular formula is C13H16F2N2O. The first-order valence-electron chi connectivity index (χ1n) is 6.02. The minimum atomic E-state index is -0.679. The molecule has 0 bridgehead atoms. The summed E-state index contributed by atoms with van der Waals surface area (Å²) >= 11 is 0. The zero-order valence-electron chi connectivity index (χ0n) is 10.2. The van der Waals surface area contributed by atoms with E-state index >= 15 is 0 Å². The monoisotopic (exact) mass is 254 g/mol. The van der Waals surface area contributed by atoms with E-state index in [9.17, 15) is 13.6 Å². The normalized spacial score (nSPS) is 16.6. The summed E-state index contributed by atoms with van der Waals surface area (Å²) in [7, 11) is 1.64. The van der Waals surface area contributed by atoms with Gasteiger partial charge in [0.15, 0.2) is 0 Å². The number of hydrogen-bond donors (Lipinski definition) is 1. The van der Waals surface area contributed by atoms with Gasteiger partial charge in [0, 0.05) is 13.1 Å². The molecule has 0 saturated carbocycles. The molecule has 1 aliphatic heterocycles. The molecule has 0 unspecified atom stereocenters. The van der Waals surface area contributed by atoms with Gasteiger partial charge in [-0.25, -0.2) is 8.78 Å². The molecule has 3 nitrogen and oxygen atoms in total. The van der Waals surface area contributed by atoms with Gasteiger partial charge in [-0.2, -0.15) is 0 Å². The molecule has 1 heterocycles. The number of halogens is 2. The first-order valence-corrected chi connectivity index (χ1v) is 6.02. The zero-order chi connectivity index (χ0) is 13.1. The smallest absolute Gasteiger partial charge is 0.256 e. The molecule has 1 aliphatic rings. The highest BCUT2D eigenvalue weighted by atomic mass is 19.1. The Morgan fingerprint density at radius 3 is 2.67 bits per heavy atom. The number of benzene rings is 1. The molecule has 2 rings (SSSR count). The van der Waals surface area contributed by atoms with Crippen molar-refractivity contribution in [1.82, 2.24) is 10.2 Å². The number of hydrogen-bond acceptors (Lipinski definition) is 2. The Kier molecular flexibility index (Phi) is 3.91. The number of piperidine rings is 1. The average Bonchev–Trinajstić information content (AvgIpc) is 2.41. The van der Waals surface area contributed by atoms with Crippen LogP contribution in [-0.4, -0.2) is 37.0 Å². The minimum Gasteiger partial charge on any atom is -0.339 e. The summed E-state index contributed by atoms with van der Waals surface area (Å²) in [5.74, 6) is -1.74. The van der Waals surface area contributed by atoms with Gasteiger partial charge in [-0.3, -0.25) is 4.79 Å². The van der Waals surface area contributed by atoms with Gasteiger partial charge in [-0.05, 0) is 44.1 Å². The van der Waals surface area contributed by atoms with Gasteiger partial charge in [0.2, 0.25) is 0 Å². The van der Waals surface area contributed by atoms with E-state index in [-0.39, 0.29) is 11.6 Å². The number of carbonyl (C=O) groups is 1. The Bertz CT molecular complexity index is 445. The van der Waals surface area contributed by atoms with Crippen LogP contribution in [0.25, 0.3) is 0 Å². The summed E-state index contributed by atoms with van der Waals surface area (Å²) in [4.78, 5) is 13.6. The average molecular weight is 254 g/mol. The van der Waals surface area contributed by atoms with Crippen molar-refractivity contribution in [2.45, 2.75) is 18.9 Å². The number of nitrogens with one attached hydrogen (secondary N) is 1. The highest BCUT2D eigenvalue weighted by molar-refractivity contribution is 5.94. The molecule has 1 aromatic carbocycles. The second kappa shape index (κ2) is 5.44. The number of nitrogens with zero attached hydrogens (tertiary/aromatic N) is 1. The van der Waals surface area contributed by atoms with Crippen LogP contribution in [-0.2, 0) is 0 Å². The third-order valence-electron chi connectivity index (χ3n) is 3.34. The molecule has 0 aliphatic carbocycles. The predicted octanol–water partition coefficient (Wildman–Crippen LogP) is 1.79. The molecule has 1 fully saturated rings. The van der Waals surface area contributed by atoms with Crippen LogP contribution in [0.15, 0.2) is 18.2 Å². The Hall–Kier alpha value is -1.49. The fourth-order valence-corrected chi connectivity index (χ4v) is 2.21. The SMILES string of the molecule is CN(C(=O)c1cc(F)ccc1F)C1CCNCC1. The fraction of sp³-hybridized carbons (Fsp3) is 0.462. The summed E-state index contributed by atoms with van der Waals surface area (Å²) < 4.78 is 26.6. The van der Waals surface area contributed by atoms with Crippen molar-refractivity contribution in [3.05, 3.63) is 35.4 Å². The third-order valence-corrected chi connectivity index (χ3v) is 3.34. The van der Waals surface area contributed by atoms with Gasteiger partial charge in [0.1, 0.15) is 11.6 Å². The number of rotatable bonds is 2. The van der Waals surface area contributed by atoms with E-state index in [1.165, 1.54) is 4.90 Å². The molecule has 1 N–H and O–H groups in total. The lowest BCUT2D eigenvalue weighted by Crippen LogP contribution is -2.44. The zero-order valence-corrected chi connectivity index (χ0v) is 10.2. The molecular weight excluding hydrogens is 238 g/mol. The van der Waals surface area contributed by atoms with E-state index in [1.807, 2.05) is 0 Å². The quantitative estimate of drug-likeness (QED) is 0.872. The highest BCUT2D eigenvalue weighted by Gasteiger charge is 2.24. The van der Waals surface area contributed by atoms with E-state index in [1.54, 1.807) is 7.05 Å². The van der Waals surface area contributed by atoms with Crippen LogP contribution in [0.4, 0.5) is 8.78 Å². The van der Waals surface area contributed by atoms with Gasteiger partial charge < -0.3 is 10.2 Å². The van der Waals surface area contributed by atoms with E-state index in [0.29, 0.717) is 0 Å². The Labute approximate surface area is 105 Å². The lowest BCUT2D eigenvalue weighted by Gasteiger charge is -2.31. The third kappa shape index (κ3) is 2.67. The highest BCUT2D eigenvalue weighted by Crippen LogP contribution is 2.16. The van der Waals surface area contributed by atoms with Crippen molar-refractivity contribution >= 4 is 5.91 Å². The molecule has 1 amide bonds. The topological polar surface area (TPSA) is 32.3 Å². The second-order valence-electron chi connectivity index (χ2n) is 4.52. The van der Waals surface area contributed by atoms with Crippen LogP contribution in [0.1, 0.15) is 23.2 Å². The molecule has 98 valence electrons. The van der Waals surface area contributed by atoms with Crippen molar-refractivity contribution in [3.8, 4) is 0 Å². The molecule has 0 aromatic heterocycles. The Balaban J connectivity index is 2.16. The molecule has 0 atom stereocenters. The maximum absolute atomic E-state index is 13.5. The molecule has 5 heteroatoms. The Morgan fingerprint density at radius 1 is 1.33 bits per heavy atom. The lowest BCUT2D eigenvalue weighted by atomic mass is 10.0. The van der Waals surface area contributed by atoms with Crippen molar-refractivity contribution in [1.29, 1.82) is 0 Å². The van der Waals surface area contributed by atoms with Crippen LogP contribution < -0.4 is 5.32 Å². The largest absolute Gasteiger partial charge is 0.339 e. The summed E-state index contributed by atoms with van der Waals surface area (Å²) in [5, 5.41) is 3.20. The summed E-state index contributed by atoms with van der Waals surface area (Å²) in [6.07, 6.45) is 1.67. The lowest BCUT2D eigenvalue weighted by molar-refractivity contribution is 0.0698. The van der Waals surface area contributed by atoms with Crippen LogP contribution >= 0.6 is 0 Å². The minimum absolute atomic E-state index is 0.0846. The van der Waals surface area contributed by atoms with Crippen molar-refractivity contribution in [3.63, 3.8) is 0 Å². The van der Waals surface area contributed by atoms with E-state index in [0.717, 1.165) is 44.1 Å². The van der Waals surface area contributed by atoms with Crippen molar-refractivity contribution in [2.75, 3.05) is 20.1 Å². The van der Waals surface area contributed by atoms with Gasteiger partial charge in [0.25, 0.3) is 5.91 Å². The van der Waals surface area contributed by atoms with Gasteiger partial charge >= 0.3 is 0 Å². The summed E-state index contributed by atoms with van der Waals surface area (Å²) in [5.41, 5.74) is -0.198. The number of amides is 1. The van der Waals surface area contributed by atoms with Crippen molar-refractivity contribution < 1.29 is 13.6 Å². The van der Waals surface area contributed by atoms with Gasteiger partial charge in [-0.15, -0.1) is 0 Å². The van der Waals surface area contributed by atoms with Crippen LogP contribution in [0.2, 0.25) is 0 Å². The first-order chi connectivity index (χ1) is 8.59. The van der Waals surface area contributed by atoms with Gasteiger partial charge in [0.05, 0.1) is 5.56 Å². The predicted molar refractivity (Wildman–Crippen MR) is 64.3 cm³/mol. The maximum atomic E-state index is 13.5. The standard InChI is InChI=1S/C13H16F2N2O/c1-17(10-4-6-16-7-5-10)13(18)11-8-9(14)2-3-12(11)15/h2-3,8,10,16H,4-7H2,1H3. The first kappa shape index (κ1) is 13.0. The molecule has 0 radical (unpaired) electrons. The summed E-state index contributed by atoms with van der Waals surface area (Å²) in [6.45, 7) is 1.68. The molecule has 18 heavy (non-hydrogen) atoms.